The minimum atomic E-state index is 0.155. The summed E-state index contributed by atoms with van der Waals surface area (Å²) in [5.41, 5.74) is 1.23. The minimum absolute atomic E-state index is 0.155. The van der Waals surface area contributed by atoms with E-state index in [4.69, 9.17) is 5.26 Å². The second-order valence-electron chi connectivity index (χ2n) is 3.75. The largest absolute Gasteiger partial charge is 0.383 e. The van der Waals surface area contributed by atoms with Gasteiger partial charge >= 0.3 is 0 Å². The summed E-state index contributed by atoms with van der Waals surface area (Å²) in [6, 6.07) is 2.04. The summed E-state index contributed by atoms with van der Waals surface area (Å²) in [4.78, 5) is 0. The molecule has 1 fully saturated rings. The fraction of sp³-hybridized carbons (Fsp3) is 0.667. The molecule has 2 nitrogen and oxygen atoms in total. The van der Waals surface area contributed by atoms with E-state index in [-0.39, 0.29) is 5.54 Å². The maximum atomic E-state index is 8.42. The highest BCUT2D eigenvalue weighted by Gasteiger charge is 2.32. The Morgan fingerprint density at radius 3 is 2.73 bits per heavy atom. The Labute approximate surface area is 67.9 Å². The van der Waals surface area contributed by atoms with E-state index in [9.17, 15) is 0 Å². The van der Waals surface area contributed by atoms with Crippen LogP contribution in [0.2, 0.25) is 0 Å². The molecule has 0 spiro atoms. The molecule has 0 aromatic heterocycles. The van der Waals surface area contributed by atoms with Crippen molar-refractivity contribution >= 4 is 0 Å². The molecule has 60 valence electrons. The van der Waals surface area contributed by atoms with Crippen molar-refractivity contribution < 1.29 is 0 Å². The number of allylic oxidation sites excluding steroid dienone is 2. The Hall–Kier alpha value is -0.970. The molecule has 1 N–H and O–H groups in total. The number of hydrogen-bond acceptors (Lipinski definition) is 2. The van der Waals surface area contributed by atoms with E-state index in [0.717, 1.165) is 12.1 Å². The second kappa shape index (κ2) is 2.58. The van der Waals surface area contributed by atoms with Gasteiger partial charge in [0.25, 0.3) is 0 Å². The van der Waals surface area contributed by atoms with Gasteiger partial charge in [0.05, 0.1) is 6.07 Å². The van der Waals surface area contributed by atoms with Gasteiger partial charge in [-0.1, -0.05) is 6.92 Å². The summed E-state index contributed by atoms with van der Waals surface area (Å²) in [5.74, 6) is 0.613. The van der Waals surface area contributed by atoms with Gasteiger partial charge in [-0.25, -0.2) is 0 Å². The van der Waals surface area contributed by atoms with Gasteiger partial charge in [-0.2, -0.15) is 5.26 Å². The molecule has 0 radical (unpaired) electrons. The van der Waals surface area contributed by atoms with E-state index >= 15 is 0 Å². The van der Waals surface area contributed by atoms with Crippen LogP contribution in [-0.2, 0) is 0 Å². The van der Waals surface area contributed by atoms with Gasteiger partial charge in [-0.15, -0.1) is 0 Å². The molecule has 1 rings (SSSR count). The van der Waals surface area contributed by atoms with Crippen molar-refractivity contribution in [1.82, 2.24) is 5.32 Å². The molecule has 0 saturated carbocycles. The second-order valence-corrected chi connectivity index (χ2v) is 3.75. The van der Waals surface area contributed by atoms with Crippen LogP contribution in [0.25, 0.3) is 0 Å². The first-order valence-corrected chi connectivity index (χ1v) is 3.93. The molecule has 1 saturated heterocycles. The topological polar surface area (TPSA) is 35.8 Å². The molecule has 0 bridgehead atoms. The van der Waals surface area contributed by atoms with Crippen molar-refractivity contribution in [3.05, 3.63) is 11.8 Å². The Morgan fingerprint density at radius 2 is 2.36 bits per heavy atom. The van der Waals surface area contributed by atoms with Gasteiger partial charge in [0.2, 0.25) is 0 Å². The van der Waals surface area contributed by atoms with Crippen LogP contribution in [0.4, 0.5) is 0 Å². The molecule has 1 aliphatic rings. The standard InChI is InChI=1S/C9H14N2/c1-7-6-8(4-5-10)11-9(7,2)3/h4,7,11H,6H2,1-3H3/b8-4-. The predicted molar refractivity (Wildman–Crippen MR) is 44.7 cm³/mol. The van der Waals surface area contributed by atoms with Crippen molar-refractivity contribution in [3.8, 4) is 6.07 Å². The van der Waals surface area contributed by atoms with Crippen LogP contribution < -0.4 is 5.32 Å². The molecule has 0 aliphatic carbocycles. The first-order chi connectivity index (χ1) is 5.06. The van der Waals surface area contributed by atoms with Gasteiger partial charge in [-0.3, -0.25) is 0 Å². The van der Waals surface area contributed by atoms with Crippen LogP contribution in [-0.4, -0.2) is 5.54 Å². The third-order valence-corrected chi connectivity index (χ3v) is 2.48. The van der Waals surface area contributed by atoms with E-state index in [0.29, 0.717) is 5.92 Å². The molecular weight excluding hydrogens is 136 g/mol. The van der Waals surface area contributed by atoms with Crippen molar-refractivity contribution in [1.29, 1.82) is 5.26 Å². The van der Waals surface area contributed by atoms with Gasteiger partial charge < -0.3 is 5.32 Å². The molecule has 1 unspecified atom stereocenters. The number of hydrogen-bond donors (Lipinski definition) is 1. The zero-order chi connectivity index (χ0) is 8.48. The number of rotatable bonds is 0. The number of nitrogens with one attached hydrogen (secondary N) is 1. The van der Waals surface area contributed by atoms with Crippen LogP contribution in [0.5, 0.6) is 0 Å². The summed E-state index contributed by atoms with van der Waals surface area (Å²) in [6.45, 7) is 6.52. The van der Waals surface area contributed by atoms with Gasteiger partial charge in [0, 0.05) is 17.3 Å². The van der Waals surface area contributed by atoms with Crippen LogP contribution in [0, 0.1) is 17.2 Å². The van der Waals surface area contributed by atoms with Crippen LogP contribution >= 0.6 is 0 Å². The highest BCUT2D eigenvalue weighted by molar-refractivity contribution is 5.19. The maximum Gasteiger partial charge on any atom is 0.0930 e. The maximum absolute atomic E-state index is 8.42. The first kappa shape index (κ1) is 8.13. The Balaban J connectivity index is 2.74. The molecule has 1 aliphatic heterocycles. The van der Waals surface area contributed by atoms with Crippen molar-refractivity contribution in [2.75, 3.05) is 0 Å². The third kappa shape index (κ3) is 1.54. The highest BCUT2D eigenvalue weighted by atomic mass is 15.0. The fourth-order valence-electron chi connectivity index (χ4n) is 1.35. The molecular formula is C9H14N2. The average molecular weight is 150 g/mol. The quantitative estimate of drug-likeness (QED) is 0.534. The van der Waals surface area contributed by atoms with Crippen LogP contribution in [0.1, 0.15) is 27.2 Å². The Bertz CT molecular complexity index is 220. The van der Waals surface area contributed by atoms with Crippen LogP contribution in [0.3, 0.4) is 0 Å². The lowest BCUT2D eigenvalue weighted by Gasteiger charge is -2.23. The van der Waals surface area contributed by atoms with E-state index < -0.39 is 0 Å². The lowest BCUT2D eigenvalue weighted by molar-refractivity contribution is 0.360. The van der Waals surface area contributed by atoms with E-state index in [2.05, 4.69) is 26.1 Å². The van der Waals surface area contributed by atoms with Gasteiger partial charge in [0.1, 0.15) is 0 Å². The average Bonchev–Trinajstić information content (AvgIpc) is 2.08. The van der Waals surface area contributed by atoms with E-state index in [1.807, 2.05) is 6.07 Å². The van der Waals surface area contributed by atoms with Crippen molar-refractivity contribution in [3.63, 3.8) is 0 Å². The molecule has 11 heavy (non-hydrogen) atoms. The monoisotopic (exact) mass is 150 g/mol. The molecule has 1 atom stereocenters. The fourth-order valence-corrected chi connectivity index (χ4v) is 1.35. The first-order valence-electron chi connectivity index (χ1n) is 3.93. The lowest BCUT2D eigenvalue weighted by Crippen LogP contribution is -2.36. The predicted octanol–water partition coefficient (Wildman–Crippen LogP) is 1.80. The van der Waals surface area contributed by atoms with Crippen LogP contribution in [0.15, 0.2) is 11.8 Å². The summed E-state index contributed by atoms with van der Waals surface area (Å²) in [6.07, 6.45) is 2.60. The lowest BCUT2D eigenvalue weighted by atomic mass is 9.91. The van der Waals surface area contributed by atoms with Crippen molar-refractivity contribution in [2.24, 2.45) is 5.92 Å². The van der Waals surface area contributed by atoms with Gasteiger partial charge in [0.15, 0.2) is 0 Å². The summed E-state index contributed by atoms with van der Waals surface area (Å²) in [5, 5.41) is 11.7. The summed E-state index contributed by atoms with van der Waals surface area (Å²) >= 11 is 0. The Kier molecular flexibility index (Phi) is 1.90. The third-order valence-electron chi connectivity index (χ3n) is 2.48. The molecule has 0 amide bonds. The molecule has 1 heterocycles. The highest BCUT2D eigenvalue weighted by Crippen LogP contribution is 2.30. The zero-order valence-electron chi connectivity index (χ0n) is 7.31. The summed E-state index contributed by atoms with van der Waals surface area (Å²) < 4.78 is 0. The van der Waals surface area contributed by atoms with Crippen molar-refractivity contribution in [2.45, 2.75) is 32.7 Å². The number of nitriles is 1. The minimum Gasteiger partial charge on any atom is -0.383 e. The van der Waals surface area contributed by atoms with E-state index in [1.165, 1.54) is 0 Å². The van der Waals surface area contributed by atoms with E-state index in [1.54, 1.807) is 6.08 Å². The molecule has 2 heteroatoms. The number of nitrogens with zero attached hydrogens (tertiary/aromatic N) is 1. The summed E-state index contributed by atoms with van der Waals surface area (Å²) in [7, 11) is 0. The Morgan fingerprint density at radius 1 is 1.73 bits per heavy atom. The normalized spacial score (nSPS) is 31.5. The SMILES string of the molecule is CC1C/C(=C/C#N)NC1(C)C. The molecule has 0 aromatic carbocycles. The zero-order valence-corrected chi connectivity index (χ0v) is 7.31. The van der Waals surface area contributed by atoms with Gasteiger partial charge in [-0.05, 0) is 26.2 Å². The smallest absolute Gasteiger partial charge is 0.0930 e. The molecule has 0 aromatic rings.